The van der Waals surface area contributed by atoms with Gasteiger partial charge in [-0.25, -0.2) is 8.42 Å². The fourth-order valence-corrected chi connectivity index (χ4v) is 4.74. The minimum absolute atomic E-state index is 0.00539. The van der Waals surface area contributed by atoms with Crippen LogP contribution in [0.1, 0.15) is 27.9 Å². The number of nitrogens with zero attached hydrogens (tertiary/aromatic N) is 2. The van der Waals surface area contributed by atoms with Gasteiger partial charge in [-0.3, -0.25) is 4.79 Å². The van der Waals surface area contributed by atoms with Crippen molar-refractivity contribution in [3.63, 3.8) is 0 Å². The van der Waals surface area contributed by atoms with Gasteiger partial charge in [-0.2, -0.15) is 4.31 Å². The fourth-order valence-electron chi connectivity index (χ4n) is 3.07. The van der Waals surface area contributed by atoms with Gasteiger partial charge in [0, 0.05) is 38.6 Å². The Morgan fingerprint density at radius 1 is 1.12 bits per heavy atom. The molecule has 1 aliphatic heterocycles. The molecule has 3 rings (SSSR count). The van der Waals surface area contributed by atoms with E-state index in [1.54, 1.807) is 23.4 Å². The number of aromatic amines is 1. The van der Waals surface area contributed by atoms with Gasteiger partial charge in [-0.15, -0.1) is 0 Å². The molecule has 1 amide bonds. The van der Waals surface area contributed by atoms with Gasteiger partial charge in [0.1, 0.15) is 0 Å². The molecule has 1 aromatic carbocycles. The maximum atomic E-state index is 12.8. The summed E-state index contributed by atoms with van der Waals surface area (Å²) in [6.45, 7) is 3.69. The van der Waals surface area contributed by atoms with Crippen molar-refractivity contribution in [2.45, 2.75) is 19.1 Å². The Bertz CT molecular complexity index is 831. The fraction of sp³-hybridized carbons (Fsp3) is 0.389. The molecule has 2 heterocycles. The van der Waals surface area contributed by atoms with E-state index in [1.807, 2.05) is 31.2 Å². The first-order valence-electron chi connectivity index (χ1n) is 8.42. The summed E-state index contributed by atoms with van der Waals surface area (Å²) in [5.74, 6) is -0.0507. The third-order valence-corrected chi connectivity index (χ3v) is 6.41. The average molecular weight is 361 g/mol. The summed E-state index contributed by atoms with van der Waals surface area (Å²) in [5.41, 5.74) is 2.41. The van der Waals surface area contributed by atoms with Gasteiger partial charge in [0.15, 0.2) is 0 Å². The molecule has 1 saturated heterocycles. The van der Waals surface area contributed by atoms with Crippen LogP contribution in [0.2, 0.25) is 0 Å². The zero-order valence-corrected chi connectivity index (χ0v) is 15.1. The Morgan fingerprint density at radius 2 is 1.92 bits per heavy atom. The van der Waals surface area contributed by atoms with Crippen molar-refractivity contribution in [1.82, 2.24) is 14.2 Å². The summed E-state index contributed by atoms with van der Waals surface area (Å²) in [4.78, 5) is 17.0. The number of rotatable bonds is 4. The lowest BCUT2D eigenvalue weighted by Crippen LogP contribution is -2.37. The number of nitrogens with one attached hydrogen (secondary N) is 1. The van der Waals surface area contributed by atoms with Crippen LogP contribution in [0.5, 0.6) is 0 Å². The van der Waals surface area contributed by atoms with Crippen molar-refractivity contribution < 1.29 is 13.2 Å². The van der Waals surface area contributed by atoms with Gasteiger partial charge in [0.05, 0.1) is 11.3 Å². The van der Waals surface area contributed by atoms with Crippen LogP contribution in [0, 0.1) is 6.92 Å². The van der Waals surface area contributed by atoms with Crippen molar-refractivity contribution >= 4 is 15.9 Å². The molecule has 0 aliphatic carbocycles. The normalized spacial score (nSPS) is 16.6. The van der Waals surface area contributed by atoms with Crippen molar-refractivity contribution in [1.29, 1.82) is 0 Å². The van der Waals surface area contributed by atoms with Gasteiger partial charge >= 0.3 is 0 Å². The standard InChI is InChI=1S/C18H23N3O3S/c1-15-5-2-3-6-17(15)14-25(23,24)21-10-4-9-20(11-12-21)18(22)16-7-8-19-13-16/h2-3,5-8,13,19H,4,9-12,14H2,1H3. The predicted molar refractivity (Wildman–Crippen MR) is 96.7 cm³/mol. The van der Waals surface area contributed by atoms with E-state index in [-0.39, 0.29) is 11.7 Å². The number of aromatic nitrogens is 1. The molecule has 1 N–H and O–H groups in total. The molecule has 134 valence electrons. The number of H-pyrrole nitrogens is 1. The molecule has 1 aromatic heterocycles. The number of hydrogen-bond acceptors (Lipinski definition) is 3. The first-order chi connectivity index (χ1) is 12.0. The number of amides is 1. The van der Waals surface area contributed by atoms with Gasteiger partial charge < -0.3 is 9.88 Å². The van der Waals surface area contributed by atoms with E-state index >= 15 is 0 Å². The van der Waals surface area contributed by atoms with Gasteiger partial charge in [-0.1, -0.05) is 24.3 Å². The zero-order chi connectivity index (χ0) is 17.9. The average Bonchev–Trinajstić information content (AvgIpc) is 3.00. The molecule has 0 spiro atoms. The highest BCUT2D eigenvalue weighted by Gasteiger charge is 2.27. The second-order valence-electron chi connectivity index (χ2n) is 6.33. The maximum Gasteiger partial charge on any atom is 0.255 e. The van der Waals surface area contributed by atoms with Crippen molar-refractivity contribution in [2.75, 3.05) is 26.2 Å². The minimum Gasteiger partial charge on any atom is -0.367 e. The minimum atomic E-state index is -3.40. The molecule has 0 atom stereocenters. The van der Waals surface area contributed by atoms with Crippen molar-refractivity contribution in [3.8, 4) is 0 Å². The number of carbonyl (C=O) groups excluding carboxylic acids is 1. The van der Waals surface area contributed by atoms with E-state index in [1.165, 1.54) is 4.31 Å². The molecule has 1 aliphatic rings. The first-order valence-corrected chi connectivity index (χ1v) is 10.0. The lowest BCUT2D eigenvalue weighted by Gasteiger charge is -2.22. The smallest absolute Gasteiger partial charge is 0.255 e. The molecule has 1 fully saturated rings. The molecule has 0 radical (unpaired) electrons. The van der Waals surface area contributed by atoms with Crippen LogP contribution >= 0.6 is 0 Å². The molecule has 0 saturated carbocycles. The number of hydrogen-bond donors (Lipinski definition) is 1. The Balaban J connectivity index is 1.68. The summed E-state index contributed by atoms with van der Waals surface area (Å²) in [7, 11) is -3.40. The van der Waals surface area contributed by atoms with Crippen LogP contribution in [-0.2, 0) is 15.8 Å². The summed E-state index contributed by atoms with van der Waals surface area (Å²) >= 11 is 0. The largest absolute Gasteiger partial charge is 0.367 e. The third-order valence-electron chi connectivity index (χ3n) is 4.58. The number of benzene rings is 1. The Hall–Kier alpha value is -2.12. The predicted octanol–water partition coefficient (Wildman–Crippen LogP) is 2.00. The molecular weight excluding hydrogens is 338 g/mol. The zero-order valence-electron chi connectivity index (χ0n) is 14.3. The summed E-state index contributed by atoms with van der Waals surface area (Å²) in [6, 6.07) is 9.27. The molecule has 0 bridgehead atoms. The van der Waals surface area contributed by atoms with E-state index in [2.05, 4.69) is 4.98 Å². The number of sulfonamides is 1. The summed E-state index contributed by atoms with van der Waals surface area (Å²) in [6.07, 6.45) is 4.02. The highest BCUT2D eigenvalue weighted by Crippen LogP contribution is 2.17. The lowest BCUT2D eigenvalue weighted by atomic mass is 10.1. The third kappa shape index (κ3) is 4.11. The second kappa shape index (κ2) is 7.41. The van der Waals surface area contributed by atoms with E-state index in [4.69, 9.17) is 0 Å². The highest BCUT2D eigenvalue weighted by molar-refractivity contribution is 7.88. The van der Waals surface area contributed by atoms with Crippen LogP contribution in [-0.4, -0.2) is 54.7 Å². The number of aryl methyl sites for hydroxylation is 1. The molecular formula is C18H23N3O3S. The maximum absolute atomic E-state index is 12.8. The summed E-state index contributed by atoms with van der Waals surface area (Å²) < 4.78 is 27.1. The van der Waals surface area contributed by atoms with Crippen molar-refractivity contribution in [2.24, 2.45) is 0 Å². The van der Waals surface area contributed by atoms with Crippen LogP contribution in [0.15, 0.2) is 42.7 Å². The van der Waals surface area contributed by atoms with Crippen LogP contribution in [0.3, 0.4) is 0 Å². The highest BCUT2D eigenvalue weighted by atomic mass is 32.2. The van der Waals surface area contributed by atoms with E-state index in [0.717, 1.165) is 11.1 Å². The Kier molecular flexibility index (Phi) is 5.24. The molecule has 7 heteroatoms. The van der Waals surface area contributed by atoms with E-state index in [9.17, 15) is 13.2 Å². The van der Waals surface area contributed by atoms with Crippen LogP contribution in [0.4, 0.5) is 0 Å². The van der Waals surface area contributed by atoms with E-state index in [0.29, 0.717) is 38.2 Å². The van der Waals surface area contributed by atoms with Gasteiger partial charge in [-0.05, 0) is 30.5 Å². The Labute approximate surface area is 148 Å². The van der Waals surface area contributed by atoms with Crippen LogP contribution < -0.4 is 0 Å². The topological polar surface area (TPSA) is 73.5 Å². The molecule has 6 nitrogen and oxygen atoms in total. The monoisotopic (exact) mass is 361 g/mol. The van der Waals surface area contributed by atoms with Crippen LogP contribution in [0.25, 0.3) is 0 Å². The molecule has 25 heavy (non-hydrogen) atoms. The van der Waals surface area contributed by atoms with Gasteiger partial charge in [0.2, 0.25) is 10.0 Å². The SMILES string of the molecule is Cc1ccccc1CS(=O)(=O)N1CCCN(C(=O)c2cc[nH]c2)CC1. The second-order valence-corrected chi connectivity index (χ2v) is 8.30. The first kappa shape index (κ1) is 17.7. The summed E-state index contributed by atoms with van der Waals surface area (Å²) in [5, 5.41) is 0. The van der Waals surface area contributed by atoms with Crippen molar-refractivity contribution in [3.05, 3.63) is 59.4 Å². The number of carbonyl (C=O) groups is 1. The Morgan fingerprint density at radius 3 is 2.64 bits per heavy atom. The van der Waals surface area contributed by atoms with Gasteiger partial charge in [0.25, 0.3) is 5.91 Å². The molecule has 0 unspecified atom stereocenters. The quantitative estimate of drug-likeness (QED) is 0.905. The lowest BCUT2D eigenvalue weighted by molar-refractivity contribution is 0.0764. The van der Waals surface area contributed by atoms with E-state index < -0.39 is 10.0 Å². The molecule has 2 aromatic rings.